The maximum Gasteiger partial charge on any atom is 0.124 e. The first-order valence-corrected chi connectivity index (χ1v) is 7.58. The molecule has 0 aliphatic heterocycles. The Bertz CT molecular complexity index is 604. The molecular weight excluding hydrogens is 396 g/mol. The molecule has 0 saturated heterocycles. The van der Waals surface area contributed by atoms with Gasteiger partial charge in [-0.05, 0) is 57.7 Å². The molecule has 0 spiro atoms. The fourth-order valence-corrected chi connectivity index (χ4v) is 2.81. The Labute approximate surface area is 133 Å². The van der Waals surface area contributed by atoms with Gasteiger partial charge < -0.3 is 5.73 Å². The van der Waals surface area contributed by atoms with Gasteiger partial charge in [0.1, 0.15) is 5.82 Å². The SMILES string of the molecule is NC(Cc1ccc(F)cc1Br)c1ccc(Cl)c(Br)c1. The van der Waals surface area contributed by atoms with E-state index in [1.807, 2.05) is 12.1 Å². The van der Waals surface area contributed by atoms with Crippen molar-refractivity contribution in [2.24, 2.45) is 5.73 Å². The van der Waals surface area contributed by atoms with E-state index in [2.05, 4.69) is 31.9 Å². The molecule has 19 heavy (non-hydrogen) atoms. The molecule has 2 aromatic rings. The van der Waals surface area contributed by atoms with Crippen molar-refractivity contribution in [1.82, 2.24) is 0 Å². The number of hydrogen-bond donors (Lipinski definition) is 1. The summed E-state index contributed by atoms with van der Waals surface area (Å²) in [6.45, 7) is 0. The summed E-state index contributed by atoms with van der Waals surface area (Å²) in [4.78, 5) is 0. The van der Waals surface area contributed by atoms with Crippen LogP contribution in [0, 0.1) is 5.82 Å². The maximum absolute atomic E-state index is 13.0. The summed E-state index contributed by atoms with van der Waals surface area (Å²) in [6, 6.07) is 10.1. The summed E-state index contributed by atoms with van der Waals surface area (Å²) in [5, 5.41) is 0.652. The molecule has 0 aromatic heterocycles. The van der Waals surface area contributed by atoms with Crippen LogP contribution in [0.5, 0.6) is 0 Å². The van der Waals surface area contributed by atoms with Crippen LogP contribution >= 0.6 is 43.5 Å². The van der Waals surface area contributed by atoms with Crippen molar-refractivity contribution in [1.29, 1.82) is 0 Å². The highest BCUT2D eigenvalue weighted by Gasteiger charge is 2.11. The average molecular weight is 408 g/mol. The number of rotatable bonds is 3. The van der Waals surface area contributed by atoms with Gasteiger partial charge in [-0.2, -0.15) is 0 Å². The second kappa shape index (κ2) is 6.35. The van der Waals surface area contributed by atoms with E-state index in [0.29, 0.717) is 11.4 Å². The topological polar surface area (TPSA) is 26.0 Å². The van der Waals surface area contributed by atoms with Crippen molar-refractivity contribution in [3.05, 3.63) is 67.3 Å². The van der Waals surface area contributed by atoms with E-state index in [9.17, 15) is 4.39 Å². The second-order valence-corrected chi connectivity index (χ2v) is 6.34. The van der Waals surface area contributed by atoms with Crippen LogP contribution in [0.4, 0.5) is 4.39 Å². The smallest absolute Gasteiger partial charge is 0.124 e. The van der Waals surface area contributed by atoms with Crippen LogP contribution in [0.1, 0.15) is 17.2 Å². The third-order valence-electron chi connectivity index (χ3n) is 2.83. The van der Waals surface area contributed by atoms with Gasteiger partial charge in [-0.15, -0.1) is 0 Å². The van der Waals surface area contributed by atoms with E-state index in [4.69, 9.17) is 17.3 Å². The Kier molecular flexibility index (Phi) is 5.01. The van der Waals surface area contributed by atoms with Crippen LogP contribution in [0.2, 0.25) is 5.02 Å². The zero-order chi connectivity index (χ0) is 14.0. The molecule has 0 saturated carbocycles. The van der Waals surface area contributed by atoms with Gasteiger partial charge in [-0.25, -0.2) is 4.39 Å². The van der Waals surface area contributed by atoms with Gasteiger partial charge in [-0.3, -0.25) is 0 Å². The zero-order valence-corrected chi connectivity index (χ0v) is 13.8. The lowest BCUT2D eigenvalue weighted by molar-refractivity contribution is 0.624. The summed E-state index contributed by atoms with van der Waals surface area (Å²) in [5.41, 5.74) is 8.13. The van der Waals surface area contributed by atoms with Crippen LogP contribution in [-0.4, -0.2) is 0 Å². The molecule has 2 N–H and O–H groups in total. The lowest BCUT2D eigenvalue weighted by Gasteiger charge is -2.14. The van der Waals surface area contributed by atoms with E-state index >= 15 is 0 Å². The van der Waals surface area contributed by atoms with Crippen LogP contribution in [0.3, 0.4) is 0 Å². The van der Waals surface area contributed by atoms with E-state index in [-0.39, 0.29) is 11.9 Å². The maximum atomic E-state index is 13.0. The minimum atomic E-state index is -0.265. The first-order valence-electron chi connectivity index (χ1n) is 5.62. The summed E-state index contributed by atoms with van der Waals surface area (Å²) in [6.07, 6.45) is 0.620. The number of nitrogens with two attached hydrogens (primary N) is 1. The van der Waals surface area contributed by atoms with Crippen molar-refractivity contribution in [2.75, 3.05) is 0 Å². The van der Waals surface area contributed by atoms with Gasteiger partial charge in [-0.1, -0.05) is 39.7 Å². The molecule has 0 fully saturated rings. The van der Waals surface area contributed by atoms with Crippen LogP contribution in [0.15, 0.2) is 45.3 Å². The fraction of sp³-hybridized carbons (Fsp3) is 0.143. The van der Waals surface area contributed by atoms with Gasteiger partial charge in [0.2, 0.25) is 0 Å². The van der Waals surface area contributed by atoms with Crippen molar-refractivity contribution in [3.8, 4) is 0 Å². The summed E-state index contributed by atoms with van der Waals surface area (Å²) < 4.78 is 14.6. The summed E-state index contributed by atoms with van der Waals surface area (Å²) in [5.74, 6) is -0.265. The van der Waals surface area contributed by atoms with Gasteiger partial charge in [0.25, 0.3) is 0 Å². The molecule has 0 bridgehead atoms. The third kappa shape index (κ3) is 3.78. The molecule has 0 aliphatic rings. The largest absolute Gasteiger partial charge is 0.324 e. The van der Waals surface area contributed by atoms with Crippen molar-refractivity contribution in [2.45, 2.75) is 12.5 Å². The first-order chi connectivity index (χ1) is 8.97. The predicted molar refractivity (Wildman–Crippen MR) is 83.9 cm³/mol. The summed E-state index contributed by atoms with van der Waals surface area (Å²) in [7, 11) is 0. The Morgan fingerprint density at radius 2 is 1.84 bits per heavy atom. The highest BCUT2D eigenvalue weighted by molar-refractivity contribution is 9.10. The van der Waals surface area contributed by atoms with Gasteiger partial charge in [0, 0.05) is 15.0 Å². The molecule has 1 atom stereocenters. The Hall–Kier alpha value is -0.420. The molecule has 0 aliphatic carbocycles. The number of halogens is 4. The number of hydrogen-bond acceptors (Lipinski definition) is 1. The van der Waals surface area contributed by atoms with Crippen molar-refractivity contribution >= 4 is 43.5 Å². The molecule has 1 nitrogen and oxygen atoms in total. The minimum Gasteiger partial charge on any atom is -0.324 e. The van der Waals surface area contributed by atoms with Crippen LogP contribution in [-0.2, 0) is 6.42 Å². The van der Waals surface area contributed by atoms with Crippen LogP contribution in [0.25, 0.3) is 0 Å². The van der Waals surface area contributed by atoms with E-state index < -0.39 is 0 Å². The average Bonchev–Trinajstić information content (AvgIpc) is 2.36. The Morgan fingerprint density at radius 1 is 1.11 bits per heavy atom. The van der Waals surface area contributed by atoms with E-state index in [1.165, 1.54) is 12.1 Å². The normalized spacial score (nSPS) is 12.5. The molecule has 2 aromatic carbocycles. The molecule has 1 unspecified atom stereocenters. The Morgan fingerprint density at radius 3 is 2.47 bits per heavy atom. The predicted octanol–water partition coefficient (Wildman–Crippen LogP) is 5.25. The van der Waals surface area contributed by atoms with Gasteiger partial charge in [0.15, 0.2) is 0 Å². The Balaban J connectivity index is 2.20. The first kappa shape index (κ1) is 15.0. The second-order valence-electron chi connectivity index (χ2n) is 4.22. The minimum absolute atomic E-state index is 0.171. The molecule has 2 rings (SSSR count). The molecule has 0 amide bonds. The standard InChI is InChI=1S/C14H11Br2ClFN/c15-11-7-10(18)3-1-8(11)6-14(19)9-2-4-13(17)12(16)5-9/h1-5,7,14H,6,19H2. The summed E-state index contributed by atoms with van der Waals surface area (Å²) >= 11 is 12.7. The molecule has 5 heteroatoms. The monoisotopic (exact) mass is 405 g/mol. The molecular formula is C14H11Br2ClFN. The van der Waals surface area contributed by atoms with E-state index in [1.54, 1.807) is 12.1 Å². The lowest BCUT2D eigenvalue weighted by Crippen LogP contribution is -2.13. The highest BCUT2D eigenvalue weighted by Crippen LogP contribution is 2.28. The zero-order valence-electron chi connectivity index (χ0n) is 9.84. The molecule has 0 heterocycles. The number of benzene rings is 2. The van der Waals surface area contributed by atoms with Gasteiger partial charge in [0.05, 0.1) is 5.02 Å². The highest BCUT2D eigenvalue weighted by atomic mass is 79.9. The van der Waals surface area contributed by atoms with Crippen LogP contribution < -0.4 is 5.73 Å². The quantitative estimate of drug-likeness (QED) is 0.739. The third-order valence-corrected chi connectivity index (χ3v) is 4.78. The molecule has 100 valence electrons. The van der Waals surface area contributed by atoms with Gasteiger partial charge >= 0.3 is 0 Å². The van der Waals surface area contributed by atoms with Crippen molar-refractivity contribution in [3.63, 3.8) is 0 Å². The fourth-order valence-electron chi connectivity index (χ4n) is 1.79. The molecule has 0 radical (unpaired) electrons. The lowest BCUT2D eigenvalue weighted by atomic mass is 10.00. The van der Waals surface area contributed by atoms with Crippen molar-refractivity contribution < 1.29 is 4.39 Å². The van der Waals surface area contributed by atoms with E-state index in [0.717, 1.165) is 20.1 Å².